The van der Waals surface area contributed by atoms with Crippen LogP contribution >= 0.6 is 50.6 Å². The smallest absolute Gasteiger partial charge is 0.308 e. The topological polar surface area (TPSA) is 72.5 Å². The molecule has 46 heavy (non-hydrogen) atoms. The van der Waals surface area contributed by atoms with Crippen LogP contribution in [0.1, 0.15) is 28.5 Å². The first-order valence-electron chi connectivity index (χ1n) is 15.3. The average Bonchev–Trinajstić information content (AvgIpc) is 3.87. The number of furan rings is 1. The van der Waals surface area contributed by atoms with E-state index in [9.17, 15) is 14.4 Å². The molecule has 3 fully saturated rings. The molecule has 2 amide bonds. The Morgan fingerprint density at radius 3 is 2.30 bits per heavy atom. The lowest BCUT2D eigenvalue weighted by molar-refractivity contribution is -0.123. The standard InChI is InChI=1S/C36H26BrClN2O4S2/c37-20-8-6-19(7-9-20)25-14-15-26(44-25)30-27-23-16-24(29-28(23)33(41)40(34(29)42)22-12-10-21(38)11-13-22)31(27)45-35-32(30)46-36(43)39(35)17-18-4-2-1-3-5-18/h1-15,23-24,27-31H,16-17H2. The number of thioether (sulfide) groups is 1. The van der Waals surface area contributed by atoms with Gasteiger partial charge in [0.15, 0.2) is 0 Å². The molecule has 230 valence electrons. The molecule has 0 radical (unpaired) electrons. The fourth-order valence-corrected chi connectivity index (χ4v) is 12.0. The van der Waals surface area contributed by atoms with Gasteiger partial charge in [-0.05, 0) is 78.3 Å². The quantitative estimate of drug-likeness (QED) is 0.170. The monoisotopic (exact) mass is 728 g/mol. The van der Waals surface area contributed by atoms with Crippen molar-refractivity contribution >= 4 is 68.1 Å². The van der Waals surface area contributed by atoms with Crippen molar-refractivity contribution < 1.29 is 14.0 Å². The van der Waals surface area contributed by atoms with Crippen LogP contribution in [0.25, 0.3) is 11.3 Å². The number of nitrogens with zero attached hydrogens (tertiary/aromatic N) is 2. The Morgan fingerprint density at radius 1 is 0.848 bits per heavy atom. The number of aromatic nitrogens is 1. The van der Waals surface area contributed by atoms with Gasteiger partial charge in [0.05, 0.1) is 39.9 Å². The number of imide groups is 1. The van der Waals surface area contributed by atoms with Gasteiger partial charge in [-0.2, -0.15) is 0 Å². The van der Waals surface area contributed by atoms with E-state index < -0.39 is 0 Å². The first-order valence-corrected chi connectivity index (χ1v) is 18.2. The van der Waals surface area contributed by atoms with Crippen molar-refractivity contribution in [2.45, 2.75) is 29.2 Å². The van der Waals surface area contributed by atoms with E-state index in [0.717, 1.165) is 43.4 Å². The van der Waals surface area contributed by atoms with E-state index >= 15 is 0 Å². The van der Waals surface area contributed by atoms with Crippen molar-refractivity contribution in [2.75, 3.05) is 4.90 Å². The molecule has 5 aromatic rings. The molecular weight excluding hydrogens is 704 g/mol. The molecule has 7 atom stereocenters. The molecule has 0 N–H and O–H groups in total. The molecule has 2 aromatic heterocycles. The normalized spacial score (nSPS) is 27.6. The van der Waals surface area contributed by atoms with Crippen LogP contribution < -0.4 is 9.77 Å². The Hall–Kier alpha value is -3.37. The van der Waals surface area contributed by atoms with Gasteiger partial charge in [0.1, 0.15) is 11.5 Å². The van der Waals surface area contributed by atoms with Crippen molar-refractivity contribution in [3.05, 3.63) is 126 Å². The molecular formula is C36H26BrClN2O4S2. The maximum Gasteiger partial charge on any atom is 0.308 e. The highest BCUT2D eigenvalue weighted by molar-refractivity contribution is 9.10. The van der Waals surface area contributed by atoms with Gasteiger partial charge < -0.3 is 4.42 Å². The second kappa shape index (κ2) is 10.8. The summed E-state index contributed by atoms with van der Waals surface area (Å²) in [6.45, 7) is 0.479. The Kier molecular flexibility index (Phi) is 6.79. The minimum Gasteiger partial charge on any atom is -0.460 e. The highest BCUT2D eigenvalue weighted by Crippen LogP contribution is 2.69. The third-order valence-corrected chi connectivity index (χ3v) is 13.9. The predicted octanol–water partition coefficient (Wildman–Crippen LogP) is 8.31. The van der Waals surface area contributed by atoms with Crippen LogP contribution in [0.5, 0.6) is 0 Å². The lowest BCUT2D eigenvalue weighted by atomic mass is 9.69. The van der Waals surface area contributed by atoms with E-state index in [4.69, 9.17) is 16.0 Å². The minimum absolute atomic E-state index is 0.000349. The number of anilines is 1. The van der Waals surface area contributed by atoms with Crippen LogP contribution in [0.2, 0.25) is 5.02 Å². The summed E-state index contributed by atoms with van der Waals surface area (Å²) in [6, 6.07) is 29.0. The molecule has 0 spiro atoms. The third kappa shape index (κ3) is 4.31. The van der Waals surface area contributed by atoms with E-state index in [1.807, 2.05) is 71.3 Å². The van der Waals surface area contributed by atoms with Gasteiger partial charge in [0.25, 0.3) is 0 Å². The zero-order chi connectivity index (χ0) is 31.3. The fourth-order valence-electron chi connectivity index (χ4n) is 8.47. The van der Waals surface area contributed by atoms with Crippen molar-refractivity contribution in [2.24, 2.45) is 29.6 Å². The van der Waals surface area contributed by atoms with Crippen LogP contribution in [0.15, 0.2) is 110 Å². The summed E-state index contributed by atoms with van der Waals surface area (Å²) in [5, 5.41) is 1.59. The van der Waals surface area contributed by atoms with Crippen LogP contribution in [0.3, 0.4) is 0 Å². The number of fused-ring (bicyclic) bond motifs is 9. The Balaban J connectivity index is 1.15. The zero-order valence-electron chi connectivity index (χ0n) is 24.2. The number of benzene rings is 3. The van der Waals surface area contributed by atoms with Gasteiger partial charge in [0.2, 0.25) is 11.8 Å². The summed E-state index contributed by atoms with van der Waals surface area (Å²) in [5.74, 6) is 0.457. The summed E-state index contributed by atoms with van der Waals surface area (Å²) in [5.41, 5.74) is 2.60. The predicted molar refractivity (Wildman–Crippen MR) is 183 cm³/mol. The van der Waals surface area contributed by atoms with Gasteiger partial charge >= 0.3 is 4.87 Å². The number of carbonyl (C=O) groups is 2. The molecule has 4 aliphatic rings. The lowest BCUT2D eigenvalue weighted by Crippen LogP contribution is -2.43. The molecule has 7 unspecified atom stereocenters. The molecule has 10 heteroatoms. The molecule has 2 bridgehead atoms. The Bertz CT molecular complexity index is 2070. The van der Waals surface area contributed by atoms with Gasteiger partial charge in [-0.15, -0.1) is 11.8 Å². The van der Waals surface area contributed by atoms with Crippen LogP contribution in [0.4, 0.5) is 5.69 Å². The lowest BCUT2D eigenvalue weighted by Gasteiger charge is -2.42. The van der Waals surface area contributed by atoms with Crippen molar-refractivity contribution in [3.8, 4) is 11.3 Å². The summed E-state index contributed by atoms with van der Waals surface area (Å²) in [7, 11) is 0. The summed E-state index contributed by atoms with van der Waals surface area (Å²) in [6.07, 6.45) is 0.818. The molecule has 9 rings (SSSR count). The first kappa shape index (κ1) is 28.8. The van der Waals surface area contributed by atoms with Crippen LogP contribution in [-0.4, -0.2) is 21.6 Å². The van der Waals surface area contributed by atoms with E-state index in [-0.39, 0.29) is 57.4 Å². The summed E-state index contributed by atoms with van der Waals surface area (Å²) < 4.78 is 9.53. The van der Waals surface area contributed by atoms with Gasteiger partial charge in [0, 0.05) is 20.3 Å². The maximum absolute atomic E-state index is 14.1. The maximum atomic E-state index is 14.1. The van der Waals surface area contributed by atoms with E-state index in [1.54, 1.807) is 36.0 Å². The minimum atomic E-state index is -0.386. The molecule has 2 saturated carbocycles. The number of hydrogen-bond donors (Lipinski definition) is 0. The Morgan fingerprint density at radius 2 is 1.57 bits per heavy atom. The summed E-state index contributed by atoms with van der Waals surface area (Å²) >= 11 is 12.7. The van der Waals surface area contributed by atoms with Gasteiger partial charge in [-0.3, -0.25) is 23.9 Å². The molecule has 2 aliphatic carbocycles. The third-order valence-electron chi connectivity index (χ3n) is 10.3. The number of thiazole rings is 1. The average molecular weight is 730 g/mol. The molecule has 6 nitrogen and oxygen atoms in total. The Labute approximate surface area is 286 Å². The van der Waals surface area contributed by atoms with E-state index in [0.29, 0.717) is 17.3 Å². The van der Waals surface area contributed by atoms with E-state index in [2.05, 4.69) is 15.9 Å². The number of rotatable bonds is 5. The zero-order valence-corrected chi connectivity index (χ0v) is 28.2. The first-order chi connectivity index (χ1) is 22.4. The van der Waals surface area contributed by atoms with Gasteiger partial charge in [-0.25, -0.2) is 0 Å². The highest BCUT2D eigenvalue weighted by Gasteiger charge is 2.70. The van der Waals surface area contributed by atoms with Crippen LogP contribution in [-0.2, 0) is 16.1 Å². The van der Waals surface area contributed by atoms with Crippen molar-refractivity contribution in [3.63, 3.8) is 0 Å². The molecule has 1 saturated heterocycles. The highest BCUT2D eigenvalue weighted by atomic mass is 79.9. The molecule has 3 aromatic carbocycles. The van der Waals surface area contributed by atoms with Crippen LogP contribution in [0, 0.1) is 29.6 Å². The SMILES string of the molecule is O=C1C2C3CC(C2C(=O)N1c1ccc(Cl)cc1)C1C(c2ccc(-c4ccc(Br)cc4)o2)c2sc(=O)n(Cc4ccccc4)c2SC31. The number of hydrogen-bond acceptors (Lipinski definition) is 6. The number of carbonyl (C=O) groups excluding carboxylic acids is 2. The van der Waals surface area contributed by atoms with Crippen molar-refractivity contribution in [1.29, 1.82) is 0 Å². The molecule has 4 heterocycles. The number of halogens is 2. The second-order valence-corrected chi connectivity index (χ2v) is 16.1. The van der Waals surface area contributed by atoms with Gasteiger partial charge in [-0.1, -0.05) is 81.3 Å². The number of amides is 2. The summed E-state index contributed by atoms with van der Waals surface area (Å²) in [4.78, 5) is 44.2. The molecule has 2 aliphatic heterocycles. The van der Waals surface area contributed by atoms with Crippen molar-refractivity contribution in [1.82, 2.24) is 4.57 Å². The largest absolute Gasteiger partial charge is 0.460 e. The second-order valence-electron chi connectivity index (χ2n) is 12.6. The fraction of sp³-hybridized carbons (Fsp3) is 0.250. The van der Waals surface area contributed by atoms with E-state index in [1.165, 1.54) is 16.2 Å².